The second-order valence-electron chi connectivity index (χ2n) is 6.40. The van der Waals surface area contributed by atoms with Crippen molar-refractivity contribution in [2.24, 2.45) is 0 Å². The average Bonchev–Trinajstić information content (AvgIpc) is 3.36. The van der Waals surface area contributed by atoms with Gasteiger partial charge in [0.15, 0.2) is 0 Å². The second-order valence-corrected chi connectivity index (χ2v) is 6.40. The molecule has 0 atom stereocenters. The largest absolute Gasteiger partial charge is 0.497 e. The Labute approximate surface area is 145 Å². The van der Waals surface area contributed by atoms with Crippen molar-refractivity contribution < 1.29 is 4.74 Å². The van der Waals surface area contributed by atoms with Crippen molar-refractivity contribution in [2.45, 2.75) is 19.4 Å². The number of hydrogen-bond acceptors (Lipinski definition) is 3. The molecule has 0 amide bonds. The van der Waals surface area contributed by atoms with Crippen LogP contribution in [0.3, 0.4) is 0 Å². The molecular formula is C20H18N4O. The topological polar surface area (TPSA) is 55.7 Å². The number of nitrogens with zero attached hydrogens (tertiary/aromatic N) is 3. The number of ether oxygens (including phenoxy) is 1. The molecule has 0 fully saturated rings. The van der Waals surface area contributed by atoms with Gasteiger partial charge in [-0.05, 0) is 36.6 Å². The van der Waals surface area contributed by atoms with E-state index in [1.165, 1.54) is 16.8 Å². The van der Waals surface area contributed by atoms with Crippen LogP contribution in [0.15, 0.2) is 48.7 Å². The number of aryl methyl sites for hydroxylation is 1. The fraction of sp³-hybridized carbons (Fsp3) is 0.200. The molecule has 124 valence electrons. The van der Waals surface area contributed by atoms with E-state index in [2.05, 4.69) is 45.2 Å². The summed E-state index contributed by atoms with van der Waals surface area (Å²) in [6.07, 6.45) is 4.07. The smallest absolute Gasteiger partial charge is 0.119 e. The molecule has 2 aromatic carbocycles. The van der Waals surface area contributed by atoms with Crippen molar-refractivity contribution in [3.63, 3.8) is 0 Å². The summed E-state index contributed by atoms with van der Waals surface area (Å²) in [6.45, 7) is 0.985. The first kappa shape index (κ1) is 14.3. The van der Waals surface area contributed by atoms with Gasteiger partial charge in [-0.25, -0.2) is 0 Å². The molecule has 2 aromatic heterocycles. The maximum atomic E-state index is 5.40. The molecule has 25 heavy (non-hydrogen) atoms. The Kier molecular flexibility index (Phi) is 3.13. The molecule has 5 nitrogen and oxygen atoms in total. The molecule has 0 unspecified atom stereocenters. The van der Waals surface area contributed by atoms with Gasteiger partial charge in [0.1, 0.15) is 11.4 Å². The van der Waals surface area contributed by atoms with Gasteiger partial charge in [0, 0.05) is 28.8 Å². The van der Waals surface area contributed by atoms with E-state index in [4.69, 9.17) is 9.84 Å². The Bertz CT molecular complexity index is 1080. The predicted molar refractivity (Wildman–Crippen MR) is 97.6 cm³/mol. The second kappa shape index (κ2) is 5.48. The first-order valence-corrected chi connectivity index (χ1v) is 8.51. The maximum Gasteiger partial charge on any atom is 0.119 e. The van der Waals surface area contributed by atoms with Crippen molar-refractivity contribution in [3.05, 3.63) is 54.4 Å². The lowest BCUT2D eigenvalue weighted by Gasteiger charge is -2.07. The maximum absolute atomic E-state index is 5.40. The van der Waals surface area contributed by atoms with E-state index in [1.54, 1.807) is 7.11 Å². The molecule has 3 heterocycles. The third kappa shape index (κ3) is 2.23. The van der Waals surface area contributed by atoms with E-state index >= 15 is 0 Å². The highest BCUT2D eigenvalue weighted by Gasteiger charge is 2.24. The molecule has 0 saturated carbocycles. The van der Waals surface area contributed by atoms with E-state index in [-0.39, 0.29) is 0 Å². The van der Waals surface area contributed by atoms with Crippen molar-refractivity contribution >= 4 is 10.9 Å². The summed E-state index contributed by atoms with van der Waals surface area (Å²) in [5.74, 6) is 0.848. The van der Waals surface area contributed by atoms with Gasteiger partial charge in [0.2, 0.25) is 0 Å². The number of aromatic amines is 1. The van der Waals surface area contributed by atoms with Crippen molar-refractivity contribution in [2.75, 3.05) is 7.11 Å². The number of fused-ring (bicyclic) bond motifs is 2. The van der Waals surface area contributed by atoms with Gasteiger partial charge in [0.05, 0.1) is 18.8 Å². The molecule has 1 aliphatic rings. The SMILES string of the molecule is COc1cccc(-c2nn3c(c2-c2ccc4cn[nH]c4c2)CCC3)c1. The van der Waals surface area contributed by atoms with E-state index in [1.807, 2.05) is 18.3 Å². The van der Waals surface area contributed by atoms with Crippen LogP contribution in [0, 0.1) is 0 Å². The molecule has 0 saturated heterocycles. The molecule has 0 radical (unpaired) electrons. The summed E-state index contributed by atoms with van der Waals surface area (Å²) >= 11 is 0. The van der Waals surface area contributed by atoms with Crippen LogP contribution in [0.2, 0.25) is 0 Å². The summed E-state index contributed by atoms with van der Waals surface area (Å²) in [5, 5.41) is 13.2. The average molecular weight is 330 g/mol. The van der Waals surface area contributed by atoms with Crippen LogP contribution in [-0.2, 0) is 13.0 Å². The molecule has 5 rings (SSSR count). The number of benzene rings is 2. The van der Waals surface area contributed by atoms with Gasteiger partial charge in [0.25, 0.3) is 0 Å². The first-order chi connectivity index (χ1) is 12.3. The Morgan fingerprint density at radius 1 is 1.12 bits per heavy atom. The zero-order chi connectivity index (χ0) is 16.8. The van der Waals surface area contributed by atoms with Crippen LogP contribution in [0.1, 0.15) is 12.1 Å². The molecule has 1 aliphatic heterocycles. The highest BCUT2D eigenvalue weighted by molar-refractivity contribution is 5.89. The van der Waals surface area contributed by atoms with Gasteiger partial charge >= 0.3 is 0 Å². The highest BCUT2D eigenvalue weighted by Crippen LogP contribution is 2.39. The Morgan fingerprint density at radius 2 is 2.08 bits per heavy atom. The lowest BCUT2D eigenvalue weighted by molar-refractivity contribution is 0.415. The number of hydrogen-bond donors (Lipinski definition) is 1. The number of aromatic nitrogens is 4. The monoisotopic (exact) mass is 330 g/mol. The van der Waals surface area contributed by atoms with Crippen LogP contribution >= 0.6 is 0 Å². The fourth-order valence-electron chi connectivity index (χ4n) is 3.70. The number of rotatable bonds is 3. The zero-order valence-electron chi connectivity index (χ0n) is 14.0. The lowest BCUT2D eigenvalue weighted by Crippen LogP contribution is -1.94. The van der Waals surface area contributed by atoms with Crippen LogP contribution in [0.25, 0.3) is 33.3 Å². The van der Waals surface area contributed by atoms with E-state index in [9.17, 15) is 0 Å². The van der Waals surface area contributed by atoms with Crippen molar-refractivity contribution in [1.29, 1.82) is 0 Å². The Balaban J connectivity index is 1.74. The van der Waals surface area contributed by atoms with Crippen LogP contribution < -0.4 is 4.74 Å². The van der Waals surface area contributed by atoms with Crippen molar-refractivity contribution in [1.82, 2.24) is 20.0 Å². The minimum atomic E-state index is 0.848. The first-order valence-electron chi connectivity index (χ1n) is 8.51. The van der Waals surface area contributed by atoms with Crippen LogP contribution in [0.5, 0.6) is 5.75 Å². The van der Waals surface area contributed by atoms with E-state index in [0.717, 1.165) is 47.3 Å². The third-order valence-corrected chi connectivity index (χ3v) is 4.91. The summed E-state index contributed by atoms with van der Waals surface area (Å²) in [6, 6.07) is 14.6. The normalized spacial score (nSPS) is 13.3. The quantitative estimate of drug-likeness (QED) is 0.616. The lowest BCUT2D eigenvalue weighted by atomic mass is 9.97. The molecule has 1 N–H and O–H groups in total. The summed E-state index contributed by atoms with van der Waals surface area (Å²) in [4.78, 5) is 0. The van der Waals surface area contributed by atoms with Gasteiger partial charge in [-0.3, -0.25) is 9.78 Å². The molecular weight excluding hydrogens is 312 g/mol. The molecule has 0 aliphatic carbocycles. The Morgan fingerprint density at radius 3 is 3.00 bits per heavy atom. The third-order valence-electron chi connectivity index (χ3n) is 4.91. The number of H-pyrrole nitrogens is 1. The molecule has 5 heteroatoms. The van der Waals surface area contributed by atoms with Gasteiger partial charge in [-0.2, -0.15) is 10.2 Å². The summed E-state index contributed by atoms with van der Waals surface area (Å²) in [7, 11) is 1.69. The van der Waals surface area contributed by atoms with E-state index in [0.29, 0.717) is 0 Å². The Hall–Kier alpha value is -3.08. The van der Waals surface area contributed by atoms with Gasteiger partial charge in [-0.1, -0.05) is 24.3 Å². The van der Waals surface area contributed by atoms with Crippen molar-refractivity contribution in [3.8, 4) is 28.1 Å². The molecule has 4 aromatic rings. The number of nitrogens with one attached hydrogen (secondary N) is 1. The zero-order valence-corrected chi connectivity index (χ0v) is 14.0. The fourth-order valence-corrected chi connectivity index (χ4v) is 3.70. The minimum absolute atomic E-state index is 0.848. The predicted octanol–water partition coefficient (Wildman–Crippen LogP) is 4.05. The molecule has 0 spiro atoms. The standard InChI is InChI=1S/C20H18N4O/c1-25-16-5-2-4-14(10-16)20-19(18-6-3-9-24(18)23-20)13-7-8-15-12-21-22-17(15)11-13/h2,4-5,7-8,10-12H,3,6,9H2,1H3,(H,21,22). The summed E-state index contributed by atoms with van der Waals surface area (Å²) in [5.41, 5.74) is 6.87. The van der Waals surface area contributed by atoms with E-state index < -0.39 is 0 Å². The highest BCUT2D eigenvalue weighted by atomic mass is 16.5. The molecule has 0 bridgehead atoms. The number of methoxy groups -OCH3 is 1. The van der Waals surface area contributed by atoms with Crippen LogP contribution in [0.4, 0.5) is 0 Å². The minimum Gasteiger partial charge on any atom is -0.497 e. The van der Waals surface area contributed by atoms with Gasteiger partial charge in [-0.15, -0.1) is 0 Å². The summed E-state index contributed by atoms with van der Waals surface area (Å²) < 4.78 is 7.55. The van der Waals surface area contributed by atoms with Crippen LogP contribution in [-0.4, -0.2) is 27.1 Å². The van der Waals surface area contributed by atoms with Gasteiger partial charge < -0.3 is 4.74 Å².